The van der Waals surface area contributed by atoms with Crippen molar-refractivity contribution in [2.75, 3.05) is 18.5 Å². The fourth-order valence-corrected chi connectivity index (χ4v) is 2.81. The maximum atomic E-state index is 5.80. The van der Waals surface area contributed by atoms with Crippen LogP contribution in [0.3, 0.4) is 0 Å². The summed E-state index contributed by atoms with van der Waals surface area (Å²) in [7, 11) is 0. The molecule has 24 heavy (non-hydrogen) atoms. The lowest BCUT2D eigenvalue weighted by atomic mass is 10.2. The molecule has 1 aromatic heterocycles. The minimum absolute atomic E-state index is 0.584. The lowest BCUT2D eigenvalue weighted by Crippen LogP contribution is -2.09. The van der Waals surface area contributed by atoms with Gasteiger partial charge in [0.1, 0.15) is 0 Å². The van der Waals surface area contributed by atoms with E-state index in [1.54, 1.807) is 4.68 Å². The molecule has 2 aromatic rings. The lowest BCUT2D eigenvalue weighted by molar-refractivity contribution is 0.275. The van der Waals surface area contributed by atoms with Crippen molar-refractivity contribution in [1.29, 1.82) is 0 Å². The molecule has 0 spiro atoms. The molecule has 0 bridgehead atoms. The van der Waals surface area contributed by atoms with Gasteiger partial charge in [0.05, 0.1) is 17.7 Å². The van der Waals surface area contributed by atoms with Gasteiger partial charge < -0.3 is 14.8 Å². The molecule has 1 heterocycles. The molecule has 0 amide bonds. The van der Waals surface area contributed by atoms with Gasteiger partial charge in [0.2, 0.25) is 5.95 Å². The van der Waals surface area contributed by atoms with Gasteiger partial charge in [0.25, 0.3) is 0 Å². The Hall–Kier alpha value is -1.83. The van der Waals surface area contributed by atoms with E-state index in [0.29, 0.717) is 25.7 Å². The molecule has 0 aliphatic carbocycles. The van der Waals surface area contributed by atoms with E-state index in [1.165, 1.54) is 0 Å². The number of hydrogen-bond donors (Lipinski definition) is 1. The first-order valence-electron chi connectivity index (χ1n) is 8.27. The Morgan fingerprint density at radius 3 is 2.71 bits per heavy atom. The molecular weight excluding hydrogens is 374 g/mol. The van der Waals surface area contributed by atoms with Crippen molar-refractivity contribution in [1.82, 2.24) is 20.2 Å². The quantitative estimate of drug-likeness (QED) is 0.659. The Bertz CT molecular complexity index is 647. The summed E-state index contributed by atoms with van der Waals surface area (Å²) < 4.78 is 14.2. The SMILES string of the molecule is CCCOc1c(Br)cc(CNc2nnnn2CCC)cc1OCC. The Morgan fingerprint density at radius 2 is 2.00 bits per heavy atom. The summed E-state index contributed by atoms with van der Waals surface area (Å²) in [6, 6.07) is 4.01. The summed E-state index contributed by atoms with van der Waals surface area (Å²) in [5, 5.41) is 15.0. The van der Waals surface area contributed by atoms with Crippen molar-refractivity contribution in [3.63, 3.8) is 0 Å². The van der Waals surface area contributed by atoms with E-state index in [4.69, 9.17) is 9.47 Å². The number of hydrogen-bond acceptors (Lipinski definition) is 6. The van der Waals surface area contributed by atoms with Crippen LogP contribution in [0, 0.1) is 0 Å². The zero-order chi connectivity index (χ0) is 17.4. The first-order chi connectivity index (χ1) is 11.7. The van der Waals surface area contributed by atoms with Gasteiger partial charge in [-0.3, -0.25) is 0 Å². The van der Waals surface area contributed by atoms with E-state index in [1.807, 2.05) is 19.1 Å². The summed E-state index contributed by atoms with van der Waals surface area (Å²) >= 11 is 3.58. The molecule has 1 N–H and O–H groups in total. The van der Waals surface area contributed by atoms with Gasteiger partial charge in [-0.25, -0.2) is 4.68 Å². The van der Waals surface area contributed by atoms with E-state index in [9.17, 15) is 0 Å². The van der Waals surface area contributed by atoms with Crippen LogP contribution >= 0.6 is 15.9 Å². The zero-order valence-corrected chi connectivity index (χ0v) is 16.0. The number of nitrogens with zero attached hydrogens (tertiary/aromatic N) is 4. The first kappa shape index (κ1) is 18.5. The standard InChI is InChI=1S/C16H24BrN5O2/c1-4-7-22-16(19-20-21-22)18-11-12-9-13(17)15(24-8-5-2)14(10-12)23-6-3/h9-10H,4-8,11H2,1-3H3,(H,18,19,21). The van der Waals surface area contributed by atoms with Gasteiger partial charge in [-0.15, -0.1) is 0 Å². The van der Waals surface area contributed by atoms with E-state index >= 15 is 0 Å². The number of tetrazole rings is 1. The summed E-state index contributed by atoms with van der Waals surface area (Å²) in [5.41, 5.74) is 1.06. The molecule has 0 radical (unpaired) electrons. The summed E-state index contributed by atoms with van der Waals surface area (Å²) in [5.74, 6) is 2.15. The van der Waals surface area contributed by atoms with Gasteiger partial charge in [0.15, 0.2) is 11.5 Å². The van der Waals surface area contributed by atoms with Crippen LogP contribution in [0.4, 0.5) is 5.95 Å². The van der Waals surface area contributed by atoms with Gasteiger partial charge in [-0.05, 0) is 63.8 Å². The highest BCUT2D eigenvalue weighted by Gasteiger charge is 2.13. The third-order valence-corrected chi connectivity index (χ3v) is 3.83. The predicted molar refractivity (Wildman–Crippen MR) is 96.5 cm³/mol. The van der Waals surface area contributed by atoms with Crippen LogP contribution in [0.1, 0.15) is 39.2 Å². The third kappa shape index (κ3) is 4.83. The second-order valence-electron chi connectivity index (χ2n) is 5.27. The fourth-order valence-electron chi connectivity index (χ4n) is 2.21. The van der Waals surface area contributed by atoms with Crippen molar-refractivity contribution >= 4 is 21.9 Å². The Kier molecular flexibility index (Phi) is 7.30. The van der Waals surface area contributed by atoms with Gasteiger partial charge in [-0.2, -0.15) is 0 Å². The Labute approximate surface area is 150 Å². The average molecular weight is 398 g/mol. The lowest BCUT2D eigenvalue weighted by Gasteiger charge is -2.15. The maximum absolute atomic E-state index is 5.80. The molecule has 8 heteroatoms. The van der Waals surface area contributed by atoms with Crippen LogP contribution in [0.2, 0.25) is 0 Å². The number of aromatic nitrogens is 4. The molecule has 7 nitrogen and oxygen atoms in total. The van der Waals surface area contributed by atoms with Crippen molar-refractivity contribution in [3.05, 3.63) is 22.2 Å². The first-order valence-corrected chi connectivity index (χ1v) is 9.06. The largest absolute Gasteiger partial charge is 0.490 e. The van der Waals surface area contributed by atoms with E-state index < -0.39 is 0 Å². The molecule has 0 atom stereocenters. The highest BCUT2D eigenvalue weighted by Crippen LogP contribution is 2.37. The molecule has 0 unspecified atom stereocenters. The molecule has 2 rings (SSSR count). The van der Waals surface area contributed by atoms with Crippen LogP contribution in [-0.4, -0.2) is 33.4 Å². The minimum Gasteiger partial charge on any atom is -0.490 e. The zero-order valence-electron chi connectivity index (χ0n) is 14.4. The van der Waals surface area contributed by atoms with Crippen LogP contribution in [-0.2, 0) is 13.1 Å². The van der Waals surface area contributed by atoms with Crippen molar-refractivity contribution in [3.8, 4) is 11.5 Å². The van der Waals surface area contributed by atoms with E-state index in [-0.39, 0.29) is 0 Å². The van der Waals surface area contributed by atoms with E-state index in [0.717, 1.165) is 40.9 Å². The predicted octanol–water partition coefficient (Wildman–Crippen LogP) is 3.65. The fraction of sp³-hybridized carbons (Fsp3) is 0.562. The second-order valence-corrected chi connectivity index (χ2v) is 6.12. The number of halogens is 1. The molecule has 0 aliphatic rings. The maximum Gasteiger partial charge on any atom is 0.243 e. The van der Waals surface area contributed by atoms with Crippen LogP contribution < -0.4 is 14.8 Å². The average Bonchev–Trinajstić information content (AvgIpc) is 3.00. The van der Waals surface area contributed by atoms with E-state index in [2.05, 4.69) is 50.6 Å². The smallest absolute Gasteiger partial charge is 0.243 e. The number of rotatable bonds is 10. The molecule has 0 saturated carbocycles. The second kappa shape index (κ2) is 9.46. The van der Waals surface area contributed by atoms with Crippen LogP contribution in [0.15, 0.2) is 16.6 Å². The summed E-state index contributed by atoms with van der Waals surface area (Å²) in [6.45, 7) is 8.74. The minimum atomic E-state index is 0.584. The third-order valence-electron chi connectivity index (χ3n) is 3.24. The number of anilines is 1. The number of ether oxygens (including phenoxy) is 2. The van der Waals surface area contributed by atoms with Crippen molar-refractivity contribution in [2.45, 2.75) is 46.7 Å². The highest BCUT2D eigenvalue weighted by atomic mass is 79.9. The number of aryl methyl sites for hydroxylation is 1. The Morgan fingerprint density at radius 1 is 1.17 bits per heavy atom. The van der Waals surface area contributed by atoms with Gasteiger partial charge in [0, 0.05) is 13.1 Å². The summed E-state index contributed by atoms with van der Waals surface area (Å²) in [4.78, 5) is 0. The van der Waals surface area contributed by atoms with Crippen LogP contribution in [0.25, 0.3) is 0 Å². The normalized spacial score (nSPS) is 10.7. The Balaban J connectivity index is 2.13. The van der Waals surface area contributed by atoms with Crippen molar-refractivity contribution < 1.29 is 9.47 Å². The van der Waals surface area contributed by atoms with Gasteiger partial charge in [-0.1, -0.05) is 18.9 Å². The van der Waals surface area contributed by atoms with Gasteiger partial charge >= 0.3 is 0 Å². The molecule has 132 valence electrons. The molecule has 1 aromatic carbocycles. The molecular formula is C16H24BrN5O2. The monoisotopic (exact) mass is 397 g/mol. The number of nitrogens with one attached hydrogen (secondary N) is 1. The number of benzene rings is 1. The highest BCUT2D eigenvalue weighted by molar-refractivity contribution is 9.10. The molecule has 0 fully saturated rings. The summed E-state index contributed by atoms with van der Waals surface area (Å²) in [6.07, 6.45) is 1.92. The van der Waals surface area contributed by atoms with Crippen LogP contribution in [0.5, 0.6) is 11.5 Å². The molecule has 0 aliphatic heterocycles. The van der Waals surface area contributed by atoms with Crippen molar-refractivity contribution in [2.24, 2.45) is 0 Å². The molecule has 0 saturated heterocycles. The topological polar surface area (TPSA) is 74.1 Å².